The van der Waals surface area contributed by atoms with E-state index in [0.717, 1.165) is 21.4 Å². The van der Waals surface area contributed by atoms with Gasteiger partial charge in [0.2, 0.25) is 0 Å². The number of benzene rings is 4. The third kappa shape index (κ3) is 10.4. The molecule has 0 aliphatic heterocycles. The normalized spacial score (nSPS) is 22.6. The molecule has 10 rings (SSSR count). The van der Waals surface area contributed by atoms with Gasteiger partial charge < -0.3 is 0 Å². The third-order valence-corrected chi connectivity index (χ3v) is 15.1. The molecule has 6 aromatic rings. The van der Waals surface area contributed by atoms with Crippen LogP contribution in [0.25, 0.3) is 43.8 Å². The van der Waals surface area contributed by atoms with Crippen LogP contribution in [0.5, 0.6) is 0 Å². The van der Waals surface area contributed by atoms with Crippen molar-refractivity contribution in [3.8, 4) is 22.3 Å². The topological polar surface area (TPSA) is 0 Å². The van der Waals surface area contributed by atoms with Crippen LogP contribution in [-0.2, 0) is 33.7 Å². The molecule has 4 heteroatoms. The number of hydrogen-bond acceptors (Lipinski definition) is 0. The summed E-state index contributed by atoms with van der Waals surface area (Å²) in [5.74, 6) is 2.07. The SMILES string of the molecule is CCC[Si]C.Cc1cc(C)cc(-c2cccc3[cH-]c(CC45CCC(CC4)C5)cc23)c1.Cc1cc(C)cc(-c2cccc3[cH-]c(CC45CCC(CC4)C5)cc23)c1.[Cl][Zr+2][Cl]. The molecule has 0 heterocycles. The third-order valence-electron chi connectivity index (χ3n) is 14.1. The molecule has 0 saturated heterocycles. The Balaban J connectivity index is 0.000000150. The first-order chi connectivity index (χ1) is 28.0. The van der Waals surface area contributed by atoms with Gasteiger partial charge >= 0.3 is 37.9 Å². The van der Waals surface area contributed by atoms with Crippen LogP contribution >= 0.6 is 17.0 Å². The minimum absolute atomic E-state index is 0.634. The van der Waals surface area contributed by atoms with Crippen LogP contribution in [0.3, 0.4) is 0 Å². The summed E-state index contributed by atoms with van der Waals surface area (Å²) in [6, 6.07) is 38.7. The van der Waals surface area contributed by atoms with Crippen molar-refractivity contribution in [1.29, 1.82) is 0 Å². The van der Waals surface area contributed by atoms with Crippen LogP contribution in [0.4, 0.5) is 0 Å². The maximum atomic E-state index is 4.93. The molecule has 0 N–H and O–H groups in total. The molecule has 0 atom stereocenters. The predicted molar refractivity (Wildman–Crippen MR) is 253 cm³/mol. The Morgan fingerprint density at radius 1 is 0.603 bits per heavy atom. The quantitative estimate of drug-likeness (QED) is 0.105. The Labute approximate surface area is 372 Å². The summed E-state index contributed by atoms with van der Waals surface area (Å²) in [4.78, 5) is 0. The minimum atomic E-state index is -0.826. The summed E-state index contributed by atoms with van der Waals surface area (Å²) < 4.78 is 0. The fourth-order valence-corrected chi connectivity index (χ4v) is 12.3. The molecule has 0 spiro atoms. The van der Waals surface area contributed by atoms with Gasteiger partial charge in [-0.25, -0.2) is 0 Å². The van der Waals surface area contributed by atoms with Gasteiger partial charge in [0, 0.05) is 9.52 Å². The average molecular weight is 903 g/mol. The first-order valence-electron chi connectivity index (χ1n) is 22.2. The van der Waals surface area contributed by atoms with E-state index in [2.05, 4.69) is 138 Å². The second kappa shape index (κ2) is 19.7. The van der Waals surface area contributed by atoms with Crippen molar-refractivity contribution in [2.75, 3.05) is 0 Å². The number of fused-ring (bicyclic) bond motifs is 6. The summed E-state index contributed by atoms with van der Waals surface area (Å²) in [6.07, 6.45) is 18.7. The molecule has 0 aromatic heterocycles. The van der Waals surface area contributed by atoms with E-state index < -0.39 is 20.8 Å². The van der Waals surface area contributed by atoms with Gasteiger partial charge in [-0.2, -0.15) is 12.1 Å². The second-order valence-electron chi connectivity index (χ2n) is 18.9. The van der Waals surface area contributed by atoms with E-state index in [4.69, 9.17) is 17.0 Å². The molecule has 0 unspecified atom stereocenters. The zero-order chi connectivity index (χ0) is 40.9. The van der Waals surface area contributed by atoms with E-state index in [1.54, 1.807) is 11.1 Å². The van der Waals surface area contributed by atoms with Crippen LogP contribution in [0, 0.1) is 50.4 Å². The number of halogens is 2. The van der Waals surface area contributed by atoms with Crippen molar-refractivity contribution in [3.63, 3.8) is 0 Å². The number of rotatable bonds is 8. The van der Waals surface area contributed by atoms with Crippen LogP contribution in [0.15, 0.2) is 97.1 Å². The molecule has 4 fully saturated rings. The van der Waals surface area contributed by atoms with E-state index in [-0.39, 0.29) is 0 Å². The molecule has 0 nitrogen and oxygen atoms in total. The Hall–Kier alpha value is -2.22. The van der Waals surface area contributed by atoms with Crippen molar-refractivity contribution in [1.82, 2.24) is 0 Å². The van der Waals surface area contributed by atoms with Gasteiger partial charge in [-0.3, -0.25) is 0 Å². The molecule has 6 aromatic carbocycles. The van der Waals surface area contributed by atoms with E-state index in [1.807, 2.05) is 0 Å². The van der Waals surface area contributed by atoms with Gasteiger partial charge in [0.05, 0.1) is 0 Å². The van der Waals surface area contributed by atoms with Gasteiger partial charge in [-0.15, -0.1) is 69.1 Å². The number of hydrogen-bond donors (Lipinski definition) is 0. The Kier molecular flexibility index (Phi) is 14.9. The fraction of sp³-hybridized carbons (Fsp3) is 0.444. The van der Waals surface area contributed by atoms with Crippen LogP contribution in [0.2, 0.25) is 12.6 Å². The van der Waals surface area contributed by atoms with Crippen LogP contribution in [-0.4, -0.2) is 9.52 Å². The zero-order valence-corrected chi connectivity index (χ0v) is 41.0. The standard InChI is InChI=1S/2C25H27.C4H10Si.2ClH.Zr/c2*1-17-10-18(2)12-22(11-17)23-5-3-4-21-13-20(14-24(21)23)16-25-8-6-19(15-25)7-9-25;1-3-4-5-2;;;/h2*3-5,10-14,19H,6-9,15-16H2,1-2H3;3-4H2,1-2H3;2*1H;/q2*-1;;;;+4/p-2. The van der Waals surface area contributed by atoms with Gasteiger partial charge in [0.25, 0.3) is 0 Å². The molecule has 0 amide bonds. The van der Waals surface area contributed by atoms with Crippen molar-refractivity contribution in [2.24, 2.45) is 22.7 Å². The molecule has 4 aliphatic carbocycles. The zero-order valence-electron chi connectivity index (χ0n) is 36.0. The molecule has 4 aliphatic rings. The van der Waals surface area contributed by atoms with E-state index in [9.17, 15) is 0 Å². The summed E-state index contributed by atoms with van der Waals surface area (Å²) in [5.41, 5.74) is 15.3. The Morgan fingerprint density at radius 3 is 1.28 bits per heavy atom. The molecular weight excluding hydrogens is 839 g/mol. The van der Waals surface area contributed by atoms with Gasteiger partial charge in [0.1, 0.15) is 0 Å². The van der Waals surface area contributed by atoms with Gasteiger partial charge in [-0.1, -0.05) is 108 Å². The van der Waals surface area contributed by atoms with E-state index in [0.29, 0.717) is 10.8 Å². The Bertz CT molecular complexity index is 2080. The molecular formula is C54H64Cl2SiZr. The molecule has 4 saturated carbocycles. The van der Waals surface area contributed by atoms with Crippen molar-refractivity contribution >= 4 is 48.1 Å². The molecule has 58 heavy (non-hydrogen) atoms. The summed E-state index contributed by atoms with van der Waals surface area (Å²) in [5, 5.41) is 5.70. The summed E-state index contributed by atoms with van der Waals surface area (Å²) >= 11 is -0.826. The molecule has 2 radical (unpaired) electrons. The summed E-state index contributed by atoms with van der Waals surface area (Å²) in [7, 11) is 11.0. The van der Waals surface area contributed by atoms with E-state index >= 15 is 0 Å². The fourth-order valence-electron chi connectivity index (χ4n) is 11.8. The van der Waals surface area contributed by atoms with Crippen molar-refractivity contribution in [2.45, 2.75) is 131 Å². The Morgan fingerprint density at radius 2 is 0.983 bits per heavy atom. The van der Waals surface area contributed by atoms with E-state index in [1.165, 1.54) is 156 Å². The van der Waals surface area contributed by atoms with Crippen LogP contribution < -0.4 is 0 Å². The maximum absolute atomic E-state index is 4.93. The average Bonchev–Trinajstić information content (AvgIpc) is 4.06. The molecule has 4 bridgehead atoms. The summed E-state index contributed by atoms with van der Waals surface area (Å²) in [6.45, 7) is 13.2. The van der Waals surface area contributed by atoms with Gasteiger partial charge in [-0.05, 0) is 139 Å². The predicted octanol–water partition coefficient (Wildman–Crippen LogP) is 16.9. The van der Waals surface area contributed by atoms with Gasteiger partial charge in [0.15, 0.2) is 0 Å². The second-order valence-corrected chi connectivity index (χ2v) is 23.9. The number of aryl methyl sites for hydroxylation is 4. The van der Waals surface area contributed by atoms with Crippen LogP contribution in [0.1, 0.15) is 111 Å². The van der Waals surface area contributed by atoms with Crippen molar-refractivity contribution < 1.29 is 20.8 Å². The first kappa shape index (κ1) is 43.9. The monoisotopic (exact) mass is 900 g/mol. The molecule has 302 valence electrons. The van der Waals surface area contributed by atoms with Crippen molar-refractivity contribution in [3.05, 3.63) is 130 Å². The first-order valence-corrected chi connectivity index (χ1v) is 30.2.